The number of carbonyl (C=O) groups excluding carboxylic acids is 2. The van der Waals surface area contributed by atoms with Gasteiger partial charge < -0.3 is 4.74 Å². The van der Waals surface area contributed by atoms with Gasteiger partial charge in [0.15, 0.2) is 6.10 Å². The van der Waals surface area contributed by atoms with Gasteiger partial charge in [-0.05, 0) is 49.4 Å². The third-order valence-electron chi connectivity index (χ3n) is 2.92. The maximum absolute atomic E-state index is 12.8. The molecule has 0 aliphatic heterocycles. The molecule has 0 radical (unpaired) electrons. The number of hydrogen-bond donors (Lipinski definition) is 2. The van der Waals surface area contributed by atoms with Crippen LogP contribution in [0.5, 0.6) is 5.75 Å². The van der Waals surface area contributed by atoms with Crippen LogP contribution in [-0.4, -0.2) is 17.9 Å². The lowest BCUT2D eigenvalue weighted by atomic mass is 10.2. The first-order valence-corrected chi connectivity index (χ1v) is 7.59. The summed E-state index contributed by atoms with van der Waals surface area (Å²) in [6.45, 7) is 1.49. The molecule has 126 valence electrons. The van der Waals surface area contributed by atoms with Crippen molar-refractivity contribution in [1.82, 2.24) is 10.9 Å². The molecular weight excluding hydrogens is 358 g/mol. The molecule has 2 aromatic rings. The summed E-state index contributed by atoms with van der Waals surface area (Å²) in [5, 5.41) is 0.596. The highest BCUT2D eigenvalue weighted by atomic mass is 35.5. The summed E-state index contributed by atoms with van der Waals surface area (Å²) < 4.78 is 18.1. The quantitative estimate of drug-likeness (QED) is 0.810. The Morgan fingerprint density at radius 1 is 1.04 bits per heavy atom. The molecule has 0 aromatic heterocycles. The van der Waals surface area contributed by atoms with Crippen LogP contribution in [0.2, 0.25) is 10.0 Å². The van der Waals surface area contributed by atoms with Gasteiger partial charge in [-0.3, -0.25) is 20.4 Å². The summed E-state index contributed by atoms with van der Waals surface area (Å²) in [5.41, 5.74) is 4.66. The van der Waals surface area contributed by atoms with Crippen molar-refractivity contribution in [3.8, 4) is 5.75 Å². The third-order valence-corrected chi connectivity index (χ3v) is 3.36. The van der Waals surface area contributed by atoms with E-state index in [0.29, 0.717) is 15.8 Å². The van der Waals surface area contributed by atoms with Crippen LogP contribution >= 0.6 is 23.2 Å². The van der Waals surface area contributed by atoms with E-state index in [0.717, 1.165) is 0 Å². The molecule has 2 rings (SSSR count). The molecule has 0 aliphatic rings. The Labute approximate surface area is 147 Å². The summed E-state index contributed by atoms with van der Waals surface area (Å²) >= 11 is 11.6. The van der Waals surface area contributed by atoms with Gasteiger partial charge in [0.05, 0.1) is 0 Å². The Hall–Kier alpha value is -2.31. The van der Waals surface area contributed by atoms with Gasteiger partial charge in [-0.1, -0.05) is 23.2 Å². The number of amides is 2. The van der Waals surface area contributed by atoms with Crippen molar-refractivity contribution in [1.29, 1.82) is 0 Å². The molecule has 5 nitrogen and oxygen atoms in total. The smallest absolute Gasteiger partial charge is 0.279 e. The topological polar surface area (TPSA) is 67.4 Å². The second-order valence-electron chi connectivity index (χ2n) is 4.82. The molecular formula is C16H13Cl2FN2O3. The first-order valence-electron chi connectivity index (χ1n) is 6.83. The summed E-state index contributed by atoms with van der Waals surface area (Å²) in [6, 6.07) is 9.52. The number of halogens is 3. The average Bonchev–Trinajstić information content (AvgIpc) is 2.53. The summed E-state index contributed by atoms with van der Waals surface area (Å²) in [4.78, 5) is 23.9. The van der Waals surface area contributed by atoms with E-state index in [-0.39, 0.29) is 5.56 Å². The fourth-order valence-electron chi connectivity index (χ4n) is 1.75. The number of benzene rings is 2. The normalized spacial score (nSPS) is 11.5. The molecule has 24 heavy (non-hydrogen) atoms. The fourth-order valence-corrected chi connectivity index (χ4v) is 2.27. The van der Waals surface area contributed by atoms with Crippen LogP contribution in [0.15, 0.2) is 42.5 Å². The molecule has 0 saturated carbocycles. The van der Waals surface area contributed by atoms with Gasteiger partial charge in [0, 0.05) is 15.6 Å². The molecule has 2 amide bonds. The monoisotopic (exact) mass is 370 g/mol. The number of hydrogen-bond acceptors (Lipinski definition) is 3. The fraction of sp³-hybridized carbons (Fsp3) is 0.125. The van der Waals surface area contributed by atoms with Gasteiger partial charge in [0.1, 0.15) is 11.6 Å². The van der Waals surface area contributed by atoms with E-state index in [1.54, 1.807) is 0 Å². The van der Waals surface area contributed by atoms with Crippen molar-refractivity contribution in [2.75, 3.05) is 0 Å². The van der Waals surface area contributed by atoms with Crippen LogP contribution in [0.4, 0.5) is 4.39 Å². The minimum absolute atomic E-state index is 0.194. The maximum atomic E-state index is 12.8. The molecule has 0 bridgehead atoms. The Morgan fingerprint density at radius 3 is 2.21 bits per heavy atom. The average molecular weight is 371 g/mol. The predicted octanol–water partition coefficient (Wildman–Crippen LogP) is 3.36. The van der Waals surface area contributed by atoms with Crippen molar-refractivity contribution >= 4 is 35.0 Å². The molecule has 1 unspecified atom stereocenters. The predicted molar refractivity (Wildman–Crippen MR) is 88.6 cm³/mol. The number of carbonyl (C=O) groups is 2. The van der Waals surface area contributed by atoms with Gasteiger partial charge in [-0.15, -0.1) is 0 Å². The molecule has 0 aliphatic carbocycles. The lowest BCUT2D eigenvalue weighted by Crippen LogP contribution is -2.47. The minimum atomic E-state index is -0.904. The Morgan fingerprint density at radius 2 is 1.62 bits per heavy atom. The third kappa shape index (κ3) is 5.11. The van der Waals surface area contributed by atoms with E-state index in [1.807, 2.05) is 0 Å². The highest BCUT2D eigenvalue weighted by molar-refractivity contribution is 6.35. The molecule has 2 N–H and O–H groups in total. The molecule has 8 heteroatoms. The van der Waals surface area contributed by atoms with Crippen LogP contribution < -0.4 is 15.6 Å². The van der Waals surface area contributed by atoms with E-state index in [4.69, 9.17) is 27.9 Å². The molecule has 1 atom stereocenters. The van der Waals surface area contributed by atoms with Gasteiger partial charge in [-0.25, -0.2) is 4.39 Å². The molecule has 0 spiro atoms. The second kappa shape index (κ2) is 7.99. The zero-order chi connectivity index (χ0) is 17.7. The van der Waals surface area contributed by atoms with Crippen LogP contribution in [0.25, 0.3) is 0 Å². The van der Waals surface area contributed by atoms with Gasteiger partial charge >= 0.3 is 0 Å². The highest BCUT2D eigenvalue weighted by Gasteiger charge is 2.16. The highest BCUT2D eigenvalue weighted by Crippen LogP contribution is 2.18. The van der Waals surface area contributed by atoms with Gasteiger partial charge in [0.25, 0.3) is 11.8 Å². The number of ether oxygens (including phenoxy) is 1. The van der Waals surface area contributed by atoms with Crippen molar-refractivity contribution in [3.05, 3.63) is 63.9 Å². The van der Waals surface area contributed by atoms with Crippen molar-refractivity contribution in [2.24, 2.45) is 0 Å². The number of rotatable bonds is 4. The summed E-state index contributed by atoms with van der Waals surface area (Å²) in [7, 11) is 0. The summed E-state index contributed by atoms with van der Waals surface area (Å²) in [5.74, 6) is -1.25. The van der Waals surface area contributed by atoms with Crippen LogP contribution in [0, 0.1) is 5.82 Å². The lowest BCUT2D eigenvalue weighted by molar-refractivity contribution is -0.128. The first-order chi connectivity index (χ1) is 11.3. The molecule has 2 aromatic carbocycles. The van der Waals surface area contributed by atoms with E-state index in [9.17, 15) is 14.0 Å². The zero-order valence-electron chi connectivity index (χ0n) is 12.5. The van der Waals surface area contributed by atoms with Crippen molar-refractivity contribution in [2.45, 2.75) is 13.0 Å². The lowest BCUT2D eigenvalue weighted by Gasteiger charge is -2.15. The van der Waals surface area contributed by atoms with Crippen molar-refractivity contribution in [3.63, 3.8) is 0 Å². The first kappa shape index (κ1) is 18.0. The van der Waals surface area contributed by atoms with Crippen LogP contribution in [0.3, 0.4) is 0 Å². The maximum Gasteiger partial charge on any atom is 0.279 e. The summed E-state index contributed by atoms with van der Waals surface area (Å²) in [6.07, 6.45) is -0.904. The molecule has 0 saturated heterocycles. The zero-order valence-corrected chi connectivity index (χ0v) is 14.0. The SMILES string of the molecule is CC(Oc1ccc(F)cc1)C(=O)NNC(=O)c1cc(Cl)cc(Cl)c1. The number of hydrazine groups is 1. The number of nitrogens with one attached hydrogen (secondary N) is 2. The largest absolute Gasteiger partial charge is 0.481 e. The van der Waals surface area contributed by atoms with Gasteiger partial charge in [0.2, 0.25) is 0 Å². The molecule has 0 heterocycles. The van der Waals surface area contributed by atoms with Crippen LogP contribution in [-0.2, 0) is 4.79 Å². The van der Waals surface area contributed by atoms with Crippen molar-refractivity contribution < 1.29 is 18.7 Å². The minimum Gasteiger partial charge on any atom is -0.481 e. The van der Waals surface area contributed by atoms with Gasteiger partial charge in [-0.2, -0.15) is 0 Å². The van der Waals surface area contributed by atoms with E-state index < -0.39 is 23.7 Å². The van der Waals surface area contributed by atoms with Crippen LogP contribution in [0.1, 0.15) is 17.3 Å². The Bertz CT molecular complexity index is 733. The Balaban J connectivity index is 1.89. The van der Waals surface area contributed by atoms with E-state index >= 15 is 0 Å². The molecule has 0 fully saturated rings. The standard InChI is InChI=1S/C16H13Cl2FN2O3/c1-9(24-14-4-2-13(19)3-5-14)15(22)20-21-16(23)10-6-11(17)8-12(18)7-10/h2-9H,1H3,(H,20,22)(H,21,23). The second-order valence-corrected chi connectivity index (χ2v) is 5.69. The van der Waals surface area contributed by atoms with E-state index in [2.05, 4.69) is 10.9 Å². The Kier molecular flexibility index (Phi) is 6.00. The van der Waals surface area contributed by atoms with E-state index in [1.165, 1.54) is 49.4 Å².